The molecule has 0 N–H and O–H groups in total. The van der Waals surface area contributed by atoms with E-state index in [2.05, 4.69) is 14.2 Å². The molecule has 0 aliphatic rings. The lowest BCUT2D eigenvalue weighted by Gasteiger charge is -2.09. The quantitative estimate of drug-likeness (QED) is 0.324. The van der Waals surface area contributed by atoms with E-state index in [1.54, 1.807) is 0 Å². The second-order valence-corrected chi connectivity index (χ2v) is 4.03. The topological polar surface area (TPSA) is 165 Å². The minimum atomic E-state index is -1.48. The van der Waals surface area contributed by atoms with Crippen LogP contribution in [0.25, 0.3) is 0 Å². The Morgan fingerprint density at radius 2 is 1.12 bits per heavy atom. The number of methoxy groups -OCH3 is 3. The zero-order chi connectivity index (χ0) is 18.6. The summed E-state index contributed by atoms with van der Waals surface area (Å²) >= 11 is 0. The fourth-order valence-corrected chi connectivity index (χ4v) is 1.87. The first kappa shape index (κ1) is 18.5. The van der Waals surface area contributed by atoms with Crippen molar-refractivity contribution in [3.63, 3.8) is 0 Å². The van der Waals surface area contributed by atoms with E-state index in [-0.39, 0.29) is 0 Å². The largest absolute Gasteiger partial charge is 0.465 e. The van der Waals surface area contributed by atoms with E-state index in [1.807, 2.05) is 0 Å². The maximum absolute atomic E-state index is 11.9. The molecule has 0 atom stereocenters. The molecular formula is C12H10N2O10. The molecule has 0 fully saturated rings. The summed E-state index contributed by atoms with van der Waals surface area (Å²) in [6.07, 6.45) is 0. The molecule has 0 aliphatic carbocycles. The number of nitro groups is 2. The Kier molecular flexibility index (Phi) is 5.49. The standard InChI is InChI=1S/C12H10N2O10/c1-22-10(15)5-4-6(11(16)23-2)9(14(20)21)7(12(17)24-3)8(5)13(18)19/h4H,1-3H3. The molecule has 0 heterocycles. The number of carbonyl (C=O) groups excluding carboxylic acids is 3. The molecule has 1 aromatic carbocycles. The van der Waals surface area contributed by atoms with E-state index in [1.165, 1.54) is 0 Å². The molecule has 128 valence electrons. The third-order valence-corrected chi connectivity index (χ3v) is 2.84. The Bertz CT molecular complexity index is 702. The maximum Gasteiger partial charge on any atom is 0.352 e. The smallest absolute Gasteiger partial charge is 0.352 e. The predicted molar refractivity (Wildman–Crippen MR) is 73.8 cm³/mol. The van der Waals surface area contributed by atoms with Gasteiger partial charge in [0.05, 0.1) is 31.2 Å². The Labute approximate surface area is 133 Å². The molecule has 0 unspecified atom stereocenters. The second kappa shape index (κ2) is 7.13. The summed E-state index contributed by atoms with van der Waals surface area (Å²) in [7, 11) is 2.60. The van der Waals surface area contributed by atoms with Crippen molar-refractivity contribution in [2.24, 2.45) is 0 Å². The van der Waals surface area contributed by atoms with Gasteiger partial charge >= 0.3 is 29.3 Å². The van der Waals surface area contributed by atoms with Crippen LogP contribution in [0.2, 0.25) is 0 Å². The van der Waals surface area contributed by atoms with Gasteiger partial charge in [-0.25, -0.2) is 14.4 Å². The Morgan fingerprint density at radius 1 is 0.792 bits per heavy atom. The normalized spacial score (nSPS) is 9.79. The minimum Gasteiger partial charge on any atom is -0.465 e. The number of rotatable bonds is 5. The van der Waals surface area contributed by atoms with Crippen LogP contribution in [0.15, 0.2) is 6.07 Å². The van der Waals surface area contributed by atoms with Gasteiger partial charge in [0.25, 0.3) is 0 Å². The van der Waals surface area contributed by atoms with Crippen molar-refractivity contribution in [1.82, 2.24) is 0 Å². The summed E-state index contributed by atoms with van der Waals surface area (Å²) in [5, 5.41) is 22.5. The summed E-state index contributed by atoms with van der Waals surface area (Å²) in [5.74, 6) is -4.05. The van der Waals surface area contributed by atoms with E-state index >= 15 is 0 Å². The number of nitrogens with zero attached hydrogens (tertiary/aromatic N) is 2. The molecular weight excluding hydrogens is 332 g/mol. The first-order chi connectivity index (χ1) is 11.2. The van der Waals surface area contributed by atoms with E-state index in [4.69, 9.17) is 0 Å². The average Bonchev–Trinajstić information content (AvgIpc) is 2.57. The number of esters is 3. The molecule has 0 saturated heterocycles. The summed E-state index contributed by atoms with van der Waals surface area (Å²) in [6.45, 7) is 0. The fourth-order valence-electron chi connectivity index (χ4n) is 1.87. The molecule has 24 heavy (non-hydrogen) atoms. The van der Waals surface area contributed by atoms with E-state index in [0.717, 1.165) is 21.3 Å². The summed E-state index contributed by atoms with van der Waals surface area (Å²) in [6, 6.07) is 0.556. The lowest BCUT2D eigenvalue weighted by molar-refractivity contribution is -0.395. The summed E-state index contributed by atoms with van der Waals surface area (Å²) in [5.41, 5.74) is -5.28. The van der Waals surface area contributed by atoms with Gasteiger partial charge < -0.3 is 14.2 Å². The van der Waals surface area contributed by atoms with Gasteiger partial charge in [-0.2, -0.15) is 0 Å². The zero-order valence-corrected chi connectivity index (χ0v) is 12.6. The Balaban J connectivity index is 4.13. The van der Waals surface area contributed by atoms with Crippen LogP contribution in [0.5, 0.6) is 0 Å². The van der Waals surface area contributed by atoms with Gasteiger partial charge in [-0.3, -0.25) is 20.2 Å². The molecule has 0 saturated carbocycles. The van der Waals surface area contributed by atoms with Crippen LogP contribution >= 0.6 is 0 Å². The highest BCUT2D eigenvalue weighted by molar-refractivity contribution is 6.10. The lowest BCUT2D eigenvalue weighted by Crippen LogP contribution is -2.18. The molecule has 0 spiro atoms. The number of nitro benzene ring substituents is 2. The molecule has 12 nitrogen and oxygen atoms in total. The van der Waals surface area contributed by atoms with Crippen molar-refractivity contribution in [1.29, 1.82) is 0 Å². The van der Waals surface area contributed by atoms with Gasteiger partial charge in [-0.1, -0.05) is 0 Å². The van der Waals surface area contributed by atoms with Gasteiger partial charge in [0.2, 0.25) is 5.56 Å². The molecule has 1 rings (SSSR count). The van der Waals surface area contributed by atoms with Crippen LogP contribution in [0.3, 0.4) is 0 Å². The van der Waals surface area contributed by atoms with Crippen LogP contribution in [-0.4, -0.2) is 49.1 Å². The highest BCUT2D eigenvalue weighted by Gasteiger charge is 2.42. The van der Waals surface area contributed by atoms with Crippen LogP contribution in [0, 0.1) is 20.2 Å². The van der Waals surface area contributed by atoms with E-state index < -0.39 is 55.8 Å². The predicted octanol–water partition coefficient (Wildman–Crippen LogP) is 0.863. The van der Waals surface area contributed by atoms with Crippen molar-refractivity contribution in [3.8, 4) is 0 Å². The summed E-state index contributed by atoms with van der Waals surface area (Å²) < 4.78 is 13.0. The van der Waals surface area contributed by atoms with Crippen LogP contribution in [-0.2, 0) is 14.2 Å². The summed E-state index contributed by atoms with van der Waals surface area (Å²) in [4.78, 5) is 55.5. The average molecular weight is 342 g/mol. The van der Waals surface area contributed by atoms with E-state index in [0.29, 0.717) is 6.07 Å². The van der Waals surface area contributed by atoms with E-state index in [9.17, 15) is 34.6 Å². The number of ether oxygens (including phenoxy) is 3. The lowest BCUT2D eigenvalue weighted by atomic mass is 9.99. The molecule has 0 aromatic heterocycles. The highest BCUT2D eigenvalue weighted by atomic mass is 16.6. The third kappa shape index (κ3) is 3.11. The monoisotopic (exact) mass is 342 g/mol. The molecule has 0 radical (unpaired) electrons. The van der Waals surface area contributed by atoms with Crippen molar-refractivity contribution in [2.75, 3.05) is 21.3 Å². The van der Waals surface area contributed by atoms with Gasteiger partial charge in [-0.05, 0) is 6.07 Å². The number of hydrogen-bond acceptors (Lipinski definition) is 10. The van der Waals surface area contributed by atoms with Gasteiger partial charge in [-0.15, -0.1) is 0 Å². The third-order valence-electron chi connectivity index (χ3n) is 2.84. The number of hydrogen-bond donors (Lipinski definition) is 0. The first-order valence-corrected chi connectivity index (χ1v) is 5.95. The van der Waals surface area contributed by atoms with Crippen molar-refractivity contribution in [2.45, 2.75) is 0 Å². The molecule has 12 heteroatoms. The SMILES string of the molecule is COC(=O)c1cc(C(=O)OC)c([N+](=O)[O-])c(C(=O)OC)c1[N+](=O)[O-]. The minimum absolute atomic E-state index is 0.556. The zero-order valence-electron chi connectivity index (χ0n) is 12.6. The van der Waals surface area contributed by atoms with Crippen molar-refractivity contribution >= 4 is 29.3 Å². The number of carbonyl (C=O) groups is 3. The van der Waals surface area contributed by atoms with Crippen LogP contribution < -0.4 is 0 Å². The van der Waals surface area contributed by atoms with Crippen LogP contribution in [0.4, 0.5) is 11.4 Å². The van der Waals surface area contributed by atoms with Crippen molar-refractivity contribution in [3.05, 3.63) is 43.0 Å². The second-order valence-electron chi connectivity index (χ2n) is 4.03. The van der Waals surface area contributed by atoms with Gasteiger partial charge in [0.1, 0.15) is 11.1 Å². The molecule has 0 aliphatic heterocycles. The fraction of sp³-hybridized carbons (Fsp3) is 0.250. The first-order valence-electron chi connectivity index (χ1n) is 5.95. The van der Waals surface area contributed by atoms with Gasteiger partial charge in [0, 0.05) is 0 Å². The van der Waals surface area contributed by atoms with Crippen LogP contribution in [0.1, 0.15) is 31.1 Å². The maximum atomic E-state index is 11.9. The molecule has 1 aromatic rings. The van der Waals surface area contributed by atoms with Gasteiger partial charge in [0.15, 0.2) is 0 Å². The number of benzene rings is 1. The highest BCUT2D eigenvalue weighted by Crippen LogP contribution is 2.36. The molecule has 0 amide bonds. The Hall–Kier alpha value is -3.57. The Morgan fingerprint density at radius 3 is 1.38 bits per heavy atom. The van der Waals surface area contributed by atoms with Crippen molar-refractivity contribution < 1.29 is 38.4 Å². The molecule has 0 bridgehead atoms.